The van der Waals surface area contributed by atoms with E-state index in [0.717, 1.165) is 0 Å². The van der Waals surface area contributed by atoms with Gasteiger partial charge in [0.05, 0.1) is 6.04 Å². The highest BCUT2D eigenvalue weighted by atomic mass is 16.5. The predicted molar refractivity (Wildman–Crippen MR) is 78.0 cm³/mol. The summed E-state index contributed by atoms with van der Waals surface area (Å²) in [5.74, 6) is 0.336. The zero-order valence-electron chi connectivity index (χ0n) is 12.3. The molecule has 0 aliphatic heterocycles. The molecule has 0 saturated heterocycles. The maximum atomic E-state index is 12.2. The van der Waals surface area contributed by atoms with Crippen LogP contribution in [0.3, 0.4) is 0 Å². The first-order valence-corrected chi connectivity index (χ1v) is 6.63. The fourth-order valence-corrected chi connectivity index (χ4v) is 1.89. The number of carbonyl (C=O) groups is 2. The van der Waals surface area contributed by atoms with E-state index in [1.54, 1.807) is 35.2 Å². The summed E-state index contributed by atoms with van der Waals surface area (Å²) in [6.45, 7) is 1.63. The van der Waals surface area contributed by atoms with Gasteiger partial charge in [0.2, 0.25) is 0 Å². The minimum Gasteiger partial charge on any atom is -0.484 e. The first-order valence-electron chi connectivity index (χ1n) is 6.63. The average Bonchev–Trinajstić information content (AvgIpc) is 2.91. The summed E-state index contributed by atoms with van der Waals surface area (Å²) in [7, 11) is 1.81. The van der Waals surface area contributed by atoms with Crippen LogP contribution in [0.1, 0.15) is 29.1 Å². The van der Waals surface area contributed by atoms with Crippen molar-refractivity contribution in [3.63, 3.8) is 0 Å². The number of nitrogens with zero attached hydrogens (tertiary/aromatic N) is 3. The number of primary amides is 1. The van der Waals surface area contributed by atoms with Crippen molar-refractivity contribution in [3.8, 4) is 5.75 Å². The molecule has 8 heteroatoms. The summed E-state index contributed by atoms with van der Waals surface area (Å²) in [5.41, 5.74) is 5.46. The lowest BCUT2D eigenvalue weighted by molar-refractivity contribution is -0.119. The number of benzene rings is 1. The number of aromatic nitrogens is 3. The molecule has 22 heavy (non-hydrogen) atoms. The first kappa shape index (κ1) is 15.5. The van der Waals surface area contributed by atoms with Gasteiger partial charge in [0, 0.05) is 12.6 Å². The van der Waals surface area contributed by atoms with Gasteiger partial charge in [-0.1, -0.05) is 0 Å². The largest absolute Gasteiger partial charge is 0.484 e. The maximum absolute atomic E-state index is 12.2. The second-order valence-electron chi connectivity index (χ2n) is 4.77. The molecule has 1 heterocycles. The average molecular weight is 303 g/mol. The first-order chi connectivity index (χ1) is 10.5. The van der Waals surface area contributed by atoms with Crippen molar-refractivity contribution >= 4 is 11.8 Å². The monoisotopic (exact) mass is 303 g/mol. The lowest BCUT2D eigenvalue weighted by atomic mass is 10.2. The van der Waals surface area contributed by atoms with E-state index in [4.69, 9.17) is 10.5 Å². The summed E-state index contributed by atoms with van der Waals surface area (Å²) in [6.07, 6.45) is 1.57. The minimum absolute atomic E-state index is 0.200. The number of amides is 2. The fourth-order valence-electron chi connectivity index (χ4n) is 1.89. The number of nitrogens with one attached hydrogen (secondary N) is 1. The van der Waals surface area contributed by atoms with Crippen molar-refractivity contribution < 1.29 is 14.3 Å². The van der Waals surface area contributed by atoms with Crippen molar-refractivity contribution in [2.75, 3.05) is 6.61 Å². The van der Waals surface area contributed by atoms with Gasteiger partial charge in [-0.25, -0.2) is 0 Å². The third-order valence-electron chi connectivity index (χ3n) is 2.98. The topological polar surface area (TPSA) is 112 Å². The van der Waals surface area contributed by atoms with Crippen LogP contribution in [0.5, 0.6) is 5.75 Å². The predicted octanol–water partition coefficient (Wildman–Crippen LogP) is 0.170. The molecule has 1 aromatic carbocycles. The maximum Gasteiger partial charge on any atom is 0.255 e. The molecule has 1 atom stereocenters. The zero-order chi connectivity index (χ0) is 16.1. The molecule has 0 aliphatic rings. The van der Waals surface area contributed by atoms with Crippen LogP contribution < -0.4 is 15.8 Å². The SMILES string of the molecule is C[C@H](NC(=O)c1ccc(OCC(N)=O)cc1)c1nncn1C. The molecule has 0 saturated carbocycles. The van der Waals surface area contributed by atoms with E-state index in [-0.39, 0.29) is 18.6 Å². The van der Waals surface area contributed by atoms with E-state index in [1.807, 2.05) is 14.0 Å². The fraction of sp³-hybridized carbons (Fsp3) is 0.286. The van der Waals surface area contributed by atoms with Crippen LogP contribution >= 0.6 is 0 Å². The van der Waals surface area contributed by atoms with Gasteiger partial charge in [-0.05, 0) is 31.2 Å². The van der Waals surface area contributed by atoms with Crippen molar-refractivity contribution in [2.24, 2.45) is 12.8 Å². The number of rotatable bonds is 6. The molecule has 0 spiro atoms. The van der Waals surface area contributed by atoms with Gasteiger partial charge in [0.25, 0.3) is 11.8 Å². The molecule has 0 aliphatic carbocycles. The highest BCUT2D eigenvalue weighted by Gasteiger charge is 2.15. The van der Waals surface area contributed by atoms with Crippen LogP contribution in [0.25, 0.3) is 0 Å². The Labute approximate surface area is 127 Å². The second kappa shape index (κ2) is 6.70. The molecule has 2 amide bonds. The Balaban J connectivity index is 1.98. The Hall–Kier alpha value is -2.90. The summed E-state index contributed by atoms with van der Waals surface area (Å²) >= 11 is 0. The van der Waals surface area contributed by atoms with Crippen molar-refractivity contribution in [3.05, 3.63) is 42.0 Å². The van der Waals surface area contributed by atoms with E-state index < -0.39 is 5.91 Å². The summed E-state index contributed by atoms with van der Waals surface area (Å²) in [6, 6.07) is 6.14. The summed E-state index contributed by atoms with van der Waals surface area (Å²) < 4.78 is 6.87. The number of carbonyl (C=O) groups excluding carboxylic acids is 2. The molecule has 0 radical (unpaired) electrons. The number of aryl methyl sites for hydroxylation is 1. The van der Waals surface area contributed by atoms with Gasteiger partial charge in [-0.3, -0.25) is 9.59 Å². The quantitative estimate of drug-likeness (QED) is 0.790. The highest BCUT2D eigenvalue weighted by molar-refractivity contribution is 5.94. The molecular formula is C14H17N5O3. The van der Waals surface area contributed by atoms with E-state index >= 15 is 0 Å². The van der Waals surface area contributed by atoms with Crippen molar-refractivity contribution in [1.29, 1.82) is 0 Å². The second-order valence-corrected chi connectivity index (χ2v) is 4.77. The van der Waals surface area contributed by atoms with E-state index in [9.17, 15) is 9.59 Å². The van der Waals surface area contributed by atoms with E-state index in [1.165, 1.54) is 0 Å². The van der Waals surface area contributed by atoms with Gasteiger partial charge in [0.1, 0.15) is 12.1 Å². The van der Waals surface area contributed by atoms with Gasteiger partial charge < -0.3 is 20.4 Å². The molecule has 116 valence electrons. The Kier molecular flexibility index (Phi) is 4.72. The molecule has 1 aromatic heterocycles. The molecule has 8 nitrogen and oxygen atoms in total. The third-order valence-corrected chi connectivity index (χ3v) is 2.98. The molecule has 3 N–H and O–H groups in total. The van der Waals surface area contributed by atoms with Crippen LogP contribution in [0.15, 0.2) is 30.6 Å². The number of nitrogens with two attached hydrogens (primary N) is 1. The van der Waals surface area contributed by atoms with Crippen LogP contribution in [0, 0.1) is 0 Å². The van der Waals surface area contributed by atoms with Gasteiger partial charge in [-0.15, -0.1) is 10.2 Å². The Morgan fingerprint density at radius 1 is 1.36 bits per heavy atom. The standard InChI is InChI=1S/C14H17N5O3/c1-9(13-18-16-8-19(13)2)17-14(21)10-3-5-11(6-4-10)22-7-12(15)20/h3-6,8-9H,7H2,1-2H3,(H2,15,20)(H,17,21)/t9-/m0/s1. The molecule has 0 unspecified atom stereocenters. The lowest BCUT2D eigenvalue weighted by Gasteiger charge is -2.13. The van der Waals surface area contributed by atoms with Gasteiger partial charge >= 0.3 is 0 Å². The van der Waals surface area contributed by atoms with Crippen LogP contribution in [-0.2, 0) is 11.8 Å². The van der Waals surface area contributed by atoms with Crippen LogP contribution in [-0.4, -0.2) is 33.2 Å². The molecule has 2 aromatic rings. The lowest BCUT2D eigenvalue weighted by Crippen LogP contribution is -2.28. The van der Waals surface area contributed by atoms with Gasteiger partial charge in [-0.2, -0.15) is 0 Å². The smallest absolute Gasteiger partial charge is 0.255 e. The Morgan fingerprint density at radius 3 is 2.59 bits per heavy atom. The van der Waals surface area contributed by atoms with E-state index in [2.05, 4.69) is 15.5 Å². The number of ether oxygens (including phenoxy) is 1. The molecule has 2 rings (SSSR count). The van der Waals surface area contributed by atoms with Crippen molar-refractivity contribution in [2.45, 2.75) is 13.0 Å². The summed E-state index contributed by atoms with van der Waals surface area (Å²) in [4.78, 5) is 22.8. The number of hydrogen-bond donors (Lipinski definition) is 2. The molecule has 0 bridgehead atoms. The number of hydrogen-bond acceptors (Lipinski definition) is 5. The van der Waals surface area contributed by atoms with Crippen molar-refractivity contribution in [1.82, 2.24) is 20.1 Å². The zero-order valence-corrected chi connectivity index (χ0v) is 12.3. The van der Waals surface area contributed by atoms with Gasteiger partial charge in [0.15, 0.2) is 12.4 Å². The Morgan fingerprint density at radius 2 is 2.05 bits per heavy atom. The van der Waals surface area contributed by atoms with E-state index in [0.29, 0.717) is 17.1 Å². The normalized spacial score (nSPS) is 11.7. The summed E-state index contributed by atoms with van der Waals surface area (Å²) in [5, 5.41) is 10.6. The molecular weight excluding hydrogens is 286 g/mol. The highest BCUT2D eigenvalue weighted by Crippen LogP contribution is 2.14. The van der Waals surface area contributed by atoms with Crippen LogP contribution in [0.4, 0.5) is 0 Å². The minimum atomic E-state index is -0.556. The Bertz CT molecular complexity index is 665. The molecule has 0 fully saturated rings. The van der Waals surface area contributed by atoms with Crippen LogP contribution in [0.2, 0.25) is 0 Å². The third kappa shape index (κ3) is 3.81.